The van der Waals surface area contributed by atoms with Crippen LogP contribution in [0.3, 0.4) is 0 Å². The maximum absolute atomic E-state index is 10.4. The van der Waals surface area contributed by atoms with Crippen molar-refractivity contribution in [2.75, 3.05) is 9.80 Å². The van der Waals surface area contributed by atoms with Crippen LogP contribution in [0.1, 0.15) is 31.8 Å². The van der Waals surface area contributed by atoms with E-state index < -0.39 is 6.71 Å². The number of fused-ring (bicyclic) bond motifs is 11. The largest absolute Gasteiger partial charge is 0.310 e. The minimum atomic E-state index is -0.535. The number of benzene rings is 21. The second-order valence-electron chi connectivity index (χ2n) is 34.7. The Kier molecular flexibility index (Phi) is 16.6. The van der Waals surface area contributed by atoms with Gasteiger partial charge < -0.3 is 14.4 Å². The van der Waals surface area contributed by atoms with Crippen LogP contribution in [0.4, 0.5) is 34.1 Å². The average molecular weight is 1610 g/mol. The van der Waals surface area contributed by atoms with Crippen molar-refractivity contribution in [1.82, 2.24) is 4.57 Å². The summed E-state index contributed by atoms with van der Waals surface area (Å²) in [4.78, 5) is 5.16. The maximum Gasteiger partial charge on any atom is 0.252 e. The summed E-state index contributed by atoms with van der Waals surface area (Å²) in [5, 5.41) is 10.6. The first-order chi connectivity index (χ1) is 63.8. The van der Waals surface area contributed by atoms with Gasteiger partial charge >= 0.3 is 0 Å². The van der Waals surface area contributed by atoms with E-state index in [1.807, 2.05) is 0 Å². The molecule has 0 spiro atoms. The van der Waals surface area contributed by atoms with Gasteiger partial charge in [0.05, 0.1) is 33.6 Å². The molecule has 0 unspecified atom stereocenters. The zero-order chi connectivity index (χ0) is 87.1. The Labute approximate surface area is 740 Å². The second kappa shape index (κ2) is 30.0. The molecule has 0 saturated heterocycles. The number of anilines is 6. The Balaban J connectivity index is 0.882. The Bertz CT molecular complexity index is 7670. The van der Waals surface area contributed by atoms with Crippen molar-refractivity contribution >= 4 is 122 Å². The first-order valence-corrected chi connectivity index (χ1v) is 43.6. The van der Waals surface area contributed by atoms with Crippen molar-refractivity contribution in [3.8, 4) is 117 Å². The molecule has 0 saturated carbocycles. The molecule has 0 N–H and O–H groups in total. The highest BCUT2D eigenvalue weighted by Gasteiger charge is 2.46. The summed E-state index contributed by atoms with van der Waals surface area (Å²) < 4.78 is 42.0. The number of hydrogen-bond donors (Lipinski definition) is 0. The van der Waals surface area contributed by atoms with E-state index in [9.17, 15) is 5.48 Å². The van der Waals surface area contributed by atoms with Crippen LogP contribution in [-0.4, -0.2) is 11.3 Å². The lowest BCUT2D eigenvalue weighted by Crippen LogP contribution is -2.61. The van der Waals surface area contributed by atoms with Gasteiger partial charge in [-0.2, -0.15) is 0 Å². The third kappa shape index (κ3) is 12.4. The fraction of sp³-hybridized carbons (Fsp3) is 0.0328. The molecular weight excluding hydrogens is 1520 g/mol. The molecule has 21 aromatic carbocycles. The fourth-order valence-corrected chi connectivity index (χ4v) is 20.5. The molecule has 0 amide bonds. The van der Waals surface area contributed by atoms with Gasteiger partial charge in [0.2, 0.25) is 0 Å². The van der Waals surface area contributed by atoms with E-state index in [4.69, 9.17) is 0 Å². The summed E-state index contributed by atoms with van der Waals surface area (Å²) in [5.74, 6) is 0. The SMILES string of the molecule is [2H]c1c([2H])c([2H])c2c(c1[2H])c1cc(C(C)(C)C)ccc1n2-c1cc2c3c(c1)N(c1c(-c4ccccc4)cccc1-c1ccccc1)c1ccc(-c4cc(-c5cccc6ccccc56)cc(-c5cccc6ccccc56)c4)cc1B3c1cc(-c3cc(-c4cccc5ccccc45)cc(-c4cccc5ccccc45)c3)ccc1N2c1c(-c2ccccc2)cccc1-c1ccccc1. The van der Waals surface area contributed by atoms with Crippen LogP contribution in [-0.2, 0) is 5.41 Å². The van der Waals surface area contributed by atoms with E-state index in [0.717, 1.165) is 178 Å². The fourth-order valence-electron chi connectivity index (χ4n) is 20.5. The lowest BCUT2D eigenvalue weighted by molar-refractivity contribution is 0.591. The highest BCUT2D eigenvalue weighted by atomic mass is 15.2. The molecule has 4 heteroatoms. The van der Waals surface area contributed by atoms with Crippen LogP contribution in [0.5, 0.6) is 0 Å². The van der Waals surface area contributed by atoms with Gasteiger partial charge in [0.1, 0.15) is 0 Å². The number of hydrogen-bond acceptors (Lipinski definition) is 2. The van der Waals surface area contributed by atoms with Gasteiger partial charge in [-0.05, 0) is 238 Å². The molecule has 2 aliphatic heterocycles. The molecule has 0 bridgehead atoms. The third-order valence-electron chi connectivity index (χ3n) is 26.4. The van der Waals surface area contributed by atoms with Crippen LogP contribution >= 0.6 is 0 Å². The molecule has 0 aliphatic carbocycles. The zero-order valence-corrected chi connectivity index (χ0v) is 69.9. The molecule has 3 heterocycles. The normalized spacial score (nSPS) is 12.8. The minimum Gasteiger partial charge on any atom is -0.310 e. The molecule has 1 aromatic heterocycles. The van der Waals surface area contributed by atoms with Gasteiger partial charge in [-0.1, -0.05) is 397 Å². The van der Waals surface area contributed by atoms with E-state index >= 15 is 0 Å². The van der Waals surface area contributed by atoms with Crippen molar-refractivity contribution < 1.29 is 5.48 Å². The predicted octanol–water partition coefficient (Wildman–Crippen LogP) is 31.4. The lowest BCUT2D eigenvalue weighted by Gasteiger charge is -2.46. The highest BCUT2D eigenvalue weighted by Crippen LogP contribution is 2.55. The number of rotatable bonds is 13. The van der Waals surface area contributed by atoms with Crippen LogP contribution in [0.25, 0.3) is 182 Å². The Morgan fingerprint density at radius 2 is 0.556 bits per heavy atom. The van der Waals surface area contributed by atoms with E-state index in [2.05, 4.69) is 466 Å². The summed E-state index contributed by atoms with van der Waals surface area (Å²) in [6, 6.07) is 158. The molecule has 0 fully saturated rings. The van der Waals surface area contributed by atoms with Crippen LogP contribution in [0.15, 0.2) is 455 Å². The molecule has 22 aromatic rings. The Hall–Kier alpha value is -15.9. The number of aromatic nitrogens is 1. The molecule has 2 aliphatic rings. The number of para-hydroxylation sites is 3. The molecule has 0 radical (unpaired) electrons. The smallest absolute Gasteiger partial charge is 0.252 e. The Morgan fingerprint density at radius 1 is 0.230 bits per heavy atom. The molecule has 126 heavy (non-hydrogen) atoms. The van der Waals surface area contributed by atoms with Gasteiger partial charge in [0.15, 0.2) is 0 Å². The molecule has 3 nitrogen and oxygen atoms in total. The van der Waals surface area contributed by atoms with E-state index in [-0.39, 0.29) is 29.6 Å². The van der Waals surface area contributed by atoms with Crippen molar-refractivity contribution in [3.63, 3.8) is 0 Å². The maximum atomic E-state index is 10.4. The first-order valence-electron chi connectivity index (χ1n) is 45.6. The number of nitrogens with zero attached hydrogens (tertiary/aromatic N) is 3. The van der Waals surface area contributed by atoms with Crippen molar-refractivity contribution in [3.05, 3.63) is 460 Å². The van der Waals surface area contributed by atoms with Crippen LogP contribution in [0.2, 0.25) is 0 Å². The summed E-state index contributed by atoms with van der Waals surface area (Å²) in [5.41, 5.74) is 32.9. The van der Waals surface area contributed by atoms with Crippen molar-refractivity contribution in [2.45, 2.75) is 26.2 Å². The third-order valence-corrected chi connectivity index (χ3v) is 26.4. The van der Waals surface area contributed by atoms with Gasteiger partial charge in [-0.25, -0.2) is 0 Å². The van der Waals surface area contributed by atoms with Gasteiger partial charge in [0.25, 0.3) is 6.71 Å². The predicted molar refractivity (Wildman–Crippen MR) is 538 cm³/mol. The standard InChI is InChI=1S/C122H84BN3/c1-122(2,3)95-64-67-114-110(76-95)109-52-24-25-61-113(109)124(114)96-77-117-119-118(78-96)126(121-107(85-36-12-6-13-37-85)59-31-60-108(121)86-38-14-7-15-39-86)116-66-63-88(90-70-93(103-55-28-46-81-42-18-22-50-99(81)103)73-94(71-90)104-56-29-47-82-43-19-23-51-100(82)104)75-112(116)123(119)111-74-87(62-65-115(111)125(117)120-105(83-32-8-4-9-33-83)57-30-58-106(120)84-34-10-5-11-35-84)89-68-91(101-53-26-44-79-40-16-20-48-97(79)101)72-92(69-89)102-54-27-45-80-41-17-21-49-98(80)102/h4-78H,1-3H3/i24D,25D,52D,61D. The second-order valence-corrected chi connectivity index (χ2v) is 34.7. The van der Waals surface area contributed by atoms with Gasteiger partial charge in [0, 0.05) is 55.8 Å². The molecule has 590 valence electrons. The average Bonchev–Trinajstić information content (AvgIpc) is 1.46. The zero-order valence-electron chi connectivity index (χ0n) is 73.9. The summed E-state index contributed by atoms with van der Waals surface area (Å²) >= 11 is 0. The first kappa shape index (κ1) is 69.7. The van der Waals surface area contributed by atoms with Crippen molar-refractivity contribution in [2.24, 2.45) is 0 Å². The molecule has 24 rings (SSSR count). The highest BCUT2D eigenvalue weighted by molar-refractivity contribution is 7.00. The van der Waals surface area contributed by atoms with E-state index in [1.54, 1.807) is 0 Å². The van der Waals surface area contributed by atoms with Crippen LogP contribution < -0.4 is 26.2 Å². The van der Waals surface area contributed by atoms with E-state index in [1.165, 1.54) is 43.1 Å². The monoisotopic (exact) mass is 1610 g/mol. The van der Waals surface area contributed by atoms with Gasteiger partial charge in [-0.15, -0.1) is 0 Å². The Morgan fingerprint density at radius 3 is 0.929 bits per heavy atom. The summed E-state index contributed by atoms with van der Waals surface area (Å²) in [6.07, 6.45) is 0. The summed E-state index contributed by atoms with van der Waals surface area (Å²) in [7, 11) is 0. The lowest BCUT2D eigenvalue weighted by atomic mass is 9.33. The quantitative estimate of drug-likeness (QED) is 0.107. The van der Waals surface area contributed by atoms with E-state index in [0.29, 0.717) is 16.6 Å². The summed E-state index contributed by atoms with van der Waals surface area (Å²) in [6.45, 7) is 6.07. The van der Waals surface area contributed by atoms with Gasteiger partial charge in [-0.3, -0.25) is 0 Å². The van der Waals surface area contributed by atoms with Crippen molar-refractivity contribution in [1.29, 1.82) is 0 Å². The van der Waals surface area contributed by atoms with Crippen LogP contribution in [0, 0.1) is 0 Å². The molecular formula is C122H84BN3. The molecule has 0 atom stereocenters. The topological polar surface area (TPSA) is 11.4 Å². The minimum absolute atomic E-state index is 0.0877.